The van der Waals surface area contributed by atoms with Crippen LogP contribution in [0.1, 0.15) is 37.1 Å². The Labute approximate surface area is 179 Å². The summed E-state index contributed by atoms with van der Waals surface area (Å²) in [5.74, 6) is 1.14. The molecule has 2 aromatic heterocycles. The molecule has 0 spiro atoms. The van der Waals surface area contributed by atoms with Crippen LogP contribution in [0.5, 0.6) is 0 Å². The standard InChI is InChI=1S/C24H26N5P/c1-3-16(2)21-9-10-22(19-7-11-23(25)28-15-19)30-29(21)24(26)14-17-6-8-20-18(13-17)5-4-12-27-20/h4-13,15,22,26,30H,3,14H2,1-2H3,(H2,25,28)/b21-16+,26-24?. The van der Waals surface area contributed by atoms with Gasteiger partial charge in [0.1, 0.15) is 11.7 Å². The van der Waals surface area contributed by atoms with Crippen LogP contribution in [0.2, 0.25) is 0 Å². The van der Waals surface area contributed by atoms with Crippen molar-refractivity contribution in [3.05, 3.63) is 89.4 Å². The summed E-state index contributed by atoms with van der Waals surface area (Å²) in [6.45, 7) is 4.31. The minimum Gasteiger partial charge on any atom is -0.384 e. The number of amidine groups is 1. The predicted molar refractivity (Wildman–Crippen MR) is 127 cm³/mol. The predicted octanol–water partition coefficient (Wildman–Crippen LogP) is 5.62. The van der Waals surface area contributed by atoms with Gasteiger partial charge in [0.2, 0.25) is 0 Å². The summed E-state index contributed by atoms with van der Waals surface area (Å²) in [6, 6.07) is 14.1. The molecule has 152 valence electrons. The molecule has 1 aliphatic rings. The lowest BCUT2D eigenvalue weighted by Crippen LogP contribution is -2.26. The molecule has 0 radical (unpaired) electrons. The van der Waals surface area contributed by atoms with E-state index in [0.29, 0.717) is 26.8 Å². The number of hydrogen-bond acceptors (Lipinski definition) is 4. The number of benzene rings is 1. The molecular weight excluding hydrogens is 389 g/mol. The number of pyridine rings is 2. The SMILES string of the molecule is CC/C(C)=C1\C=CC(c2ccc(N)nc2)PN1C(=N)Cc1ccc2ncccc2c1. The number of nitrogens with two attached hydrogens (primary N) is 1. The molecule has 0 saturated carbocycles. The highest BCUT2D eigenvalue weighted by Gasteiger charge is 2.24. The summed E-state index contributed by atoms with van der Waals surface area (Å²) in [5, 5.41) is 10.0. The van der Waals surface area contributed by atoms with Crippen LogP contribution >= 0.6 is 8.73 Å². The first-order valence-electron chi connectivity index (χ1n) is 10.1. The number of rotatable bonds is 4. The highest BCUT2D eigenvalue weighted by atomic mass is 31.1. The highest BCUT2D eigenvalue weighted by molar-refractivity contribution is 7.37. The van der Waals surface area contributed by atoms with E-state index in [9.17, 15) is 0 Å². The largest absolute Gasteiger partial charge is 0.384 e. The van der Waals surface area contributed by atoms with E-state index in [1.54, 1.807) is 0 Å². The third kappa shape index (κ3) is 4.27. The van der Waals surface area contributed by atoms with Crippen LogP contribution < -0.4 is 5.73 Å². The summed E-state index contributed by atoms with van der Waals surface area (Å²) in [7, 11) is 0.419. The molecule has 3 heterocycles. The molecule has 6 heteroatoms. The first-order valence-corrected chi connectivity index (χ1v) is 11.1. The van der Waals surface area contributed by atoms with E-state index >= 15 is 0 Å². The Kier molecular flexibility index (Phi) is 5.91. The molecule has 0 amide bonds. The fourth-order valence-electron chi connectivity index (χ4n) is 3.54. The molecule has 0 fully saturated rings. The molecule has 2 unspecified atom stereocenters. The van der Waals surface area contributed by atoms with Gasteiger partial charge in [0, 0.05) is 35.6 Å². The number of allylic oxidation sites excluding steroid dienone is 3. The molecular formula is C24H26N5P. The van der Waals surface area contributed by atoms with Crippen molar-refractivity contribution in [1.29, 1.82) is 5.41 Å². The van der Waals surface area contributed by atoms with Crippen LogP contribution in [0.25, 0.3) is 10.9 Å². The second-order valence-electron chi connectivity index (χ2n) is 7.49. The summed E-state index contributed by atoms with van der Waals surface area (Å²) < 4.78 is 2.17. The second-order valence-corrected chi connectivity index (χ2v) is 8.82. The molecule has 1 aromatic carbocycles. The average molecular weight is 415 g/mol. The zero-order valence-electron chi connectivity index (χ0n) is 17.3. The van der Waals surface area contributed by atoms with Crippen molar-refractivity contribution >= 4 is 31.3 Å². The van der Waals surface area contributed by atoms with Crippen molar-refractivity contribution < 1.29 is 0 Å². The molecule has 3 N–H and O–H groups in total. The Hall–Kier alpha value is -3.04. The summed E-state index contributed by atoms with van der Waals surface area (Å²) in [4.78, 5) is 8.64. The van der Waals surface area contributed by atoms with Crippen LogP contribution in [-0.2, 0) is 6.42 Å². The van der Waals surface area contributed by atoms with E-state index in [-0.39, 0.29) is 5.66 Å². The maximum absolute atomic E-state index is 8.93. The monoisotopic (exact) mass is 415 g/mol. The molecule has 5 nitrogen and oxygen atoms in total. The number of hydrogen-bond donors (Lipinski definition) is 2. The lowest BCUT2D eigenvalue weighted by Gasteiger charge is -2.34. The van der Waals surface area contributed by atoms with Crippen molar-refractivity contribution in [3.8, 4) is 0 Å². The van der Waals surface area contributed by atoms with E-state index < -0.39 is 0 Å². The van der Waals surface area contributed by atoms with E-state index in [4.69, 9.17) is 11.1 Å². The fourth-order valence-corrected chi connectivity index (χ4v) is 4.96. The van der Waals surface area contributed by atoms with Gasteiger partial charge >= 0.3 is 0 Å². The zero-order chi connectivity index (χ0) is 21.1. The van der Waals surface area contributed by atoms with E-state index in [0.717, 1.165) is 34.1 Å². The third-order valence-electron chi connectivity index (χ3n) is 5.40. The van der Waals surface area contributed by atoms with Crippen LogP contribution in [-0.4, -0.2) is 20.5 Å². The number of aromatic nitrogens is 2. The van der Waals surface area contributed by atoms with Crippen molar-refractivity contribution in [3.63, 3.8) is 0 Å². The van der Waals surface area contributed by atoms with Gasteiger partial charge in [-0.15, -0.1) is 0 Å². The molecule has 0 bridgehead atoms. The molecule has 3 aromatic rings. The number of nitrogens with one attached hydrogen (secondary N) is 1. The molecule has 4 rings (SSSR count). The van der Waals surface area contributed by atoms with Crippen molar-refractivity contribution in [2.45, 2.75) is 32.3 Å². The van der Waals surface area contributed by atoms with Gasteiger partial charge in [-0.1, -0.05) is 31.2 Å². The number of nitrogen functional groups attached to an aromatic ring is 1. The maximum Gasteiger partial charge on any atom is 0.123 e. The summed E-state index contributed by atoms with van der Waals surface area (Å²) >= 11 is 0. The lowest BCUT2D eigenvalue weighted by molar-refractivity contribution is 0.770. The summed E-state index contributed by atoms with van der Waals surface area (Å²) in [6.07, 6.45) is 9.59. The van der Waals surface area contributed by atoms with E-state index in [2.05, 4.69) is 58.8 Å². The molecule has 1 aliphatic heterocycles. The second kappa shape index (κ2) is 8.76. The molecule has 0 saturated heterocycles. The first-order chi connectivity index (χ1) is 14.5. The fraction of sp³-hybridized carbons (Fsp3) is 0.208. The molecule has 2 atom stereocenters. The third-order valence-corrected chi connectivity index (χ3v) is 6.97. The van der Waals surface area contributed by atoms with E-state index in [1.807, 2.05) is 36.7 Å². The van der Waals surface area contributed by atoms with Crippen molar-refractivity contribution in [2.75, 3.05) is 5.73 Å². The number of nitrogens with zero attached hydrogens (tertiary/aromatic N) is 3. The van der Waals surface area contributed by atoms with Crippen LogP contribution in [0.15, 0.2) is 78.3 Å². The number of fused-ring (bicyclic) bond motifs is 1. The minimum absolute atomic E-state index is 0.202. The Bertz CT molecular complexity index is 1130. The van der Waals surface area contributed by atoms with Gasteiger partial charge < -0.3 is 10.4 Å². The lowest BCUT2D eigenvalue weighted by atomic mass is 10.1. The topological polar surface area (TPSA) is 78.9 Å². The molecule has 0 aliphatic carbocycles. The van der Waals surface area contributed by atoms with Crippen LogP contribution in [0.3, 0.4) is 0 Å². The van der Waals surface area contributed by atoms with Crippen molar-refractivity contribution in [1.82, 2.24) is 14.6 Å². The smallest absolute Gasteiger partial charge is 0.123 e. The normalized spacial score (nSPS) is 18.7. The Morgan fingerprint density at radius 3 is 2.83 bits per heavy atom. The van der Waals surface area contributed by atoms with Gasteiger partial charge in [0.25, 0.3) is 0 Å². The Morgan fingerprint density at radius 2 is 2.07 bits per heavy atom. The Balaban J connectivity index is 1.61. The highest BCUT2D eigenvalue weighted by Crippen LogP contribution is 2.46. The minimum atomic E-state index is 0.202. The molecule has 30 heavy (non-hydrogen) atoms. The van der Waals surface area contributed by atoms with Crippen LogP contribution in [0, 0.1) is 5.41 Å². The van der Waals surface area contributed by atoms with Crippen LogP contribution in [0.4, 0.5) is 5.82 Å². The zero-order valence-corrected chi connectivity index (χ0v) is 18.3. The Morgan fingerprint density at radius 1 is 1.20 bits per heavy atom. The van der Waals surface area contributed by atoms with Gasteiger partial charge in [-0.25, -0.2) is 4.98 Å². The van der Waals surface area contributed by atoms with Gasteiger partial charge in [0.05, 0.1) is 5.52 Å². The number of anilines is 1. The van der Waals surface area contributed by atoms with E-state index in [1.165, 1.54) is 5.57 Å². The van der Waals surface area contributed by atoms with Crippen molar-refractivity contribution in [2.24, 2.45) is 0 Å². The first kappa shape index (κ1) is 20.2. The maximum atomic E-state index is 8.93. The van der Waals surface area contributed by atoms with Gasteiger partial charge in [0.15, 0.2) is 0 Å². The average Bonchev–Trinajstić information content (AvgIpc) is 2.78. The summed E-state index contributed by atoms with van der Waals surface area (Å²) in [5.41, 5.74) is 11.6. The van der Waals surface area contributed by atoms with Gasteiger partial charge in [-0.2, -0.15) is 0 Å². The quantitative estimate of drug-likeness (QED) is 0.329. The van der Waals surface area contributed by atoms with Gasteiger partial charge in [-0.05, 0) is 69.1 Å². The van der Waals surface area contributed by atoms with Gasteiger partial charge in [-0.3, -0.25) is 10.4 Å².